The van der Waals surface area contributed by atoms with Crippen LogP contribution in [0.2, 0.25) is 0 Å². The van der Waals surface area contributed by atoms with E-state index in [9.17, 15) is 0 Å². The summed E-state index contributed by atoms with van der Waals surface area (Å²) in [6.45, 7) is 0. The number of amidine groups is 2. The van der Waals surface area contributed by atoms with Crippen LogP contribution in [0.3, 0.4) is 0 Å². The molecule has 1 aromatic heterocycles. The van der Waals surface area contributed by atoms with Crippen LogP contribution in [-0.4, -0.2) is 11.7 Å². The van der Waals surface area contributed by atoms with Crippen molar-refractivity contribution < 1.29 is 4.42 Å². The van der Waals surface area contributed by atoms with Gasteiger partial charge in [-0.05, 0) is 92.2 Å². The van der Waals surface area contributed by atoms with Crippen molar-refractivity contribution in [2.24, 2.45) is 9.98 Å². The number of nitrogens with zero attached hydrogens (tertiary/aromatic N) is 3. The molecule has 2 heterocycles. The van der Waals surface area contributed by atoms with Crippen LogP contribution >= 0.6 is 0 Å². The normalized spacial score (nSPS) is 14.0. The highest BCUT2D eigenvalue weighted by atomic mass is 16.3. The van der Waals surface area contributed by atoms with E-state index in [4.69, 9.17) is 14.4 Å². The Balaban J connectivity index is 1.05. The number of anilines is 3. The zero-order chi connectivity index (χ0) is 41.0. The molecule has 0 saturated carbocycles. The predicted octanol–water partition coefficient (Wildman–Crippen LogP) is 14.7. The molecule has 10 aromatic carbocycles. The Kier molecular flexibility index (Phi) is 8.49. The van der Waals surface area contributed by atoms with E-state index in [1.165, 1.54) is 27.1 Å². The fraction of sp³-hybridized carbons (Fsp3) is 0.0175. The Morgan fingerprint density at radius 3 is 1.77 bits per heavy atom. The maximum Gasteiger partial charge on any atom is 0.160 e. The molecule has 62 heavy (non-hydrogen) atoms. The quantitative estimate of drug-likeness (QED) is 0.175. The van der Waals surface area contributed by atoms with Gasteiger partial charge in [0, 0.05) is 38.7 Å². The average Bonchev–Trinajstić information content (AvgIpc) is 3.71. The van der Waals surface area contributed by atoms with Gasteiger partial charge in [0.25, 0.3) is 0 Å². The lowest BCUT2D eigenvalue weighted by Gasteiger charge is -2.27. The summed E-state index contributed by atoms with van der Waals surface area (Å²) < 4.78 is 7.14. The number of rotatable bonds is 7. The van der Waals surface area contributed by atoms with Crippen molar-refractivity contribution >= 4 is 83.0 Å². The van der Waals surface area contributed by atoms with Crippen molar-refractivity contribution in [3.8, 4) is 11.1 Å². The average molecular weight is 795 g/mol. The molecule has 1 N–H and O–H groups in total. The van der Waals surface area contributed by atoms with Gasteiger partial charge in [0.2, 0.25) is 0 Å². The number of nitrogens with one attached hydrogen (secondary N) is 1. The Labute approximate surface area is 358 Å². The molecule has 1 unspecified atom stereocenters. The minimum atomic E-state index is -0.339. The molecule has 0 bridgehead atoms. The molecule has 1 aliphatic heterocycles. The van der Waals surface area contributed by atoms with Crippen molar-refractivity contribution in [1.82, 2.24) is 5.32 Å². The van der Waals surface area contributed by atoms with Crippen LogP contribution in [0.4, 0.5) is 17.1 Å². The molecule has 5 nitrogen and oxygen atoms in total. The van der Waals surface area contributed by atoms with Gasteiger partial charge >= 0.3 is 0 Å². The minimum Gasteiger partial charge on any atom is -0.454 e. The first-order valence-corrected chi connectivity index (χ1v) is 21.0. The smallest absolute Gasteiger partial charge is 0.160 e. The summed E-state index contributed by atoms with van der Waals surface area (Å²) in [6.07, 6.45) is -0.339. The van der Waals surface area contributed by atoms with Gasteiger partial charge in [-0.25, -0.2) is 9.98 Å². The number of fused-ring (bicyclic) bond motifs is 6. The molecule has 1 atom stereocenters. The Bertz CT molecular complexity index is 3550. The molecule has 0 aliphatic carbocycles. The zero-order valence-electron chi connectivity index (χ0n) is 33.6. The van der Waals surface area contributed by atoms with Crippen LogP contribution in [0.5, 0.6) is 0 Å². The topological polar surface area (TPSA) is 53.1 Å². The van der Waals surface area contributed by atoms with E-state index in [1.54, 1.807) is 0 Å². The molecule has 0 radical (unpaired) electrons. The minimum absolute atomic E-state index is 0.339. The van der Waals surface area contributed by atoms with Crippen molar-refractivity contribution in [1.29, 1.82) is 0 Å². The summed E-state index contributed by atoms with van der Waals surface area (Å²) >= 11 is 0. The van der Waals surface area contributed by atoms with Gasteiger partial charge in [-0.3, -0.25) is 0 Å². The molecular formula is C57H38N4O. The summed E-state index contributed by atoms with van der Waals surface area (Å²) in [5, 5.41) is 12.7. The lowest BCUT2D eigenvalue weighted by atomic mass is 10.0. The molecule has 0 fully saturated rings. The molecule has 0 spiro atoms. The van der Waals surface area contributed by atoms with E-state index in [1.807, 2.05) is 18.2 Å². The third kappa shape index (κ3) is 6.27. The number of furan rings is 1. The van der Waals surface area contributed by atoms with Crippen LogP contribution in [0, 0.1) is 0 Å². The lowest BCUT2D eigenvalue weighted by molar-refractivity contribution is 0.668. The van der Waals surface area contributed by atoms with Gasteiger partial charge in [0.1, 0.15) is 17.6 Å². The first kappa shape index (κ1) is 35.6. The van der Waals surface area contributed by atoms with Crippen LogP contribution in [0.15, 0.2) is 233 Å². The van der Waals surface area contributed by atoms with Crippen LogP contribution in [0.1, 0.15) is 22.9 Å². The number of hydrogen-bond acceptors (Lipinski definition) is 5. The summed E-state index contributed by atoms with van der Waals surface area (Å²) in [5.41, 5.74) is 9.93. The summed E-state index contributed by atoms with van der Waals surface area (Å²) in [4.78, 5) is 12.8. The first-order chi connectivity index (χ1) is 30.7. The van der Waals surface area contributed by atoms with E-state index >= 15 is 0 Å². The molecule has 5 heteroatoms. The molecule has 11 aromatic rings. The van der Waals surface area contributed by atoms with Crippen LogP contribution < -0.4 is 10.2 Å². The first-order valence-electron chi connectivity index (χ1n) is 21.0. The monoisotopic (exact) mass is 794 g/mol. The highest BCUT2D eigenvalue weighted by Gasteiger charge is 2.25. The Hall–Kier alpha value is -8.28. The van der Waals surface area contributed by atoms with E-state index in [-0.39, 0.29) is 6.17 Å². The maximum absolute atomic E-state index is 7.14. The Morgan fingerprint density at radius 2 is 1.02 bits per heavy atom. The highest BCUT2D eigenvalue weighted by molar-refractivity contribution is 6.21. The fourth-order valence-electron chi connectivity index (χ4n) is 8.94. The molecule has 0 saturated heterocycles. The maximum atomic E-state index is 7.14. The van der Waals surface area contributed by atoms with Crippen molar-refractivity contribution in [3.63, 3.8) is 0 Å². The zero-order valence-corrected chi connectivity index (χ0v) is 33.6. The van der Waals surface area contributed by atoms with E-state index < -0.39 is 0 Å². The fourth-order valence-corrected chi connectivity index (χ4v) is 8.94. The summed E-state index contributed by atoms with van der Waals surface area (Å²) in [6, 6.07) is 77.1. The number of aliphatic imine (C=N–C) groups is 2. The van der Waals surface area contributed by atoms with Crippen molar-refractivity contribution in [2.45, 2.75) is 6.17 Å². The van der Waals surface area contributed by atoms with Gasteiger partial charge in [0.15, 0.2) is 11.4 Å². The van der Waals surface area contributed by atoms with Crippen LogP contribution in [0.25, 0.3) is 65.4 Å². The van der Waals surface area contributed by atoms with Gasteiger partial charge < -0.3 is 14.6 Å². The molecule has 1 aliphatic rings. The Morgan fingerprint density at radius 1 is 0.419 bits per heavy atom. The van der Waals surface area contributed by atoms with Crippen molar-refractivity contribution in [2.75, 3.05) is 4.90 Å². The highest BCUT2D eigenvalue weighted by Crippen LogP contribution is 2.47. The summed E-state index contributed by atoms with van der Waals surface area (Å²) in [7, 11) is 0. The SMILES string of the molecule is c1ccc(C2=NC(c3ccc4c(c3)oc3c(N(c5ccc(-c6ccccc6)cc5)c5ccc6ccccc6c5)c5ccccc5cc34)=NC(c3ccc4ccccc4c3)N2)cc1. The third-order valence-electron chi connectivity index (χ3n) is 12.0. The number of benzene rings is 10. The van der Waals surface area contributed by atoms with Gasteiger partial charge in [-0.15, -0.1) is 0 Å². The second kappa shape index (κ2) is 14.8. The summed E-state index contributed by atoms with van der Waals surface area (Å²) in [5.74, 6) is 1.42. The van der Waals surface area contributed by atoms with Gasteiger partial charge in [-0.1, -0.05) is 170 Å². The van der Waals surface area contributed by atoms with Crippen LogP contribution in [-0.2, 0) is 0 Å². The molecular weight excluding hydrogens is 757 g/mol. The second-order valence-electron chi connectivity index (χ2n) is 15.8. The van der Waals surface area contributed by atoms with Gasteiger partial charge in [-0.2, -0.15) is 0 Å². The lowest BCUT2D eigenvalue weighted by Crippen LogP contribution is -2.33. The standard InChI is InChI=1S/C57H38N4O/c1-3-13-37(14-4-1)40-25-29-47(30-26-40)61(48-31-27-39-16-8-10-20-43(39)34-48)53-49-22-12-11-21-44(49)35-51-50-32-28-46(36-52(50)62-54(51)53)57-59-55(41-17-5-2-6-18-41)58-56(60-57)45-24-23-38-15-7-9-19-42(38)33-45/h1-36,56H,(H,58,59,60). The van der Waals surface area contributed by atoms with Gasteiger partial charge in [0.05, 0.1) is 5.69 Å². The second-order valence-corrected chi connectivity index (χ2v) is 15.8. The van der Waals surface area contributed by atoms with E-state index in [2.05, 4.69) is 210 Å². The van der Waals surface area contributed by atoms with Crippen molar-refractivity contribution in [3.05, 3.63) is 235 Å². The van der Waals surface area contributed by atoms with E-state index in [0.717, 1.165) is 77.9 Å². The number of hydrogen-bond donors (Lipinski definition) is 1. The molecule has 292 valence electrons. The van der Waals surface area contributed by atoms with E-state index in [0.29, 0.717) is 5.84 Å². The molecule has 0 amide bonds. The predicted molar refractivity (Wildman–Crippen MR) is 258 cm³/mol. The molecule has 12 rings (SSSR count). The third-order valence-corrected chi connectivity index (χ3v) is 12.0. The largest absolute Gasteiger partial charge is 0.454 e.